The number of rotatable bonds is 2. The monoisotopic (exact) mass is 370 g/mol. The lowest BCUT2D eigenvalue weighted by molar-refractivity contribution is 0.636. The highest BCUT2D eigenvalue weighted by Crippen LogP contribution is 2.30. The number of halogens is 2. The Balaban J connectivity index is 1.96. The first kappa shape index (κ1) is 14.1. The summed E-state index contributed by atoms with van der Waals surface area (Å²) < 4.78 is 16.5. The van der Waals surface area contributed by atoms with Crippen molar-refractivity contribution in [2.75, 3.05) is 5.73 Å². The zero-order chi connectivity index (χ0) is 16.0. The van der Waals surface area contributed by atoms with Crippen molar-refractivity contribution < 1.29 is 4.39 Å². The Kier molecular flexibility index (Phi) is 3.27. The Hall–Kier alpha value is -2.47. The molecular formula is C17H12BrFN4. The molecule has 114 valence electrons. The lowest BCUT2D eigenvalue weighted by Gasteiger charge is -2.05. The maximum absolute atomic E-state index is 14.1. The average Bonchev–Trinajstić information content (AvgIpc) is 2.96. The molecule has 6 heteroatoms. The molecule has 0 amide bonds. The topological polar surface area (TPSA) is 56.2 Å². The van der Waals surface area contributed by atoms with Gasteiger partial charge in [0.1, 0.15) is 11.3 Å². The van der Waals surface area contributed by atoms with Crippen LogP contribution in [0.2, 0.25) is 0 Å². The molecule has 0 saturated heterocycles. The standard InChI is InChI=1S/C17H12BrFN4/c18-12-6-7-13(19)15-14(12)16-21-11(9-23(16)17(20)22-15)8-10-4-2-1-3-5-10/h1-7,9H,8H2,(H2,20,22). The zero-order valence-electron chi connectivity index (χ0n) is 12.0. The number of hydrogen-bond donors (Lipinski definition) is 1. The van der Waals surface area contributed by atoms with Gasteiger partial charge in [-0.05, 0) is 33.6 Å². The molecule has 0 aliphatic heterocycles. The van der Waals surface area contributed by atoms with E-state index in [4.69, 9.17) is 5.73 Å². The van der Waals surface area contributed by atoms with E-state index in [1.54, 1.807) is 10.5 Å². The molecule has 2 aromatic carbocycles. The highest BCUT2D eigenvalue weighted by molar-refractivity contribution is 9.10. The average molecular weight is 371 g/mol. The molecule has 0 spiro atoms. The Bertz CT molecular complexity index is 1030. The zero-order valence-corrected chi connectivity index (χ0v) is 13.6. The lowest BCUT2D eigenvalue weighted by Crippen LogP contribution is -2.01. The molecule has 0 saturated carbocycles. The fourth-order valence-corrected chi connectivity index (χ4v) is 3.20. The number of fused-ring (bicyclic) bond motifs is 3. The van der Waals surface area contributed by atoms with E-state index >= 15 is 0 Å². The Labute approximate surface area is 139 Å². The second kappa shape index (κ2) is 5.31. The van der Waals surface area contributed by atoms with Crippen molar-refractivity contribution in [3.05, 3.63) is 70.2 Å². The van der Waals surface area contributed by atoms with Crippen molar-refractivity contribution in [2.45, 2.75) is 6.42 Å². The molecule has 2 heterocycles. The highest BCUT2D eigenvalue weighted by atomic mass is 79.9. The minimum Gasteiger partial charge on any atom is -0.369 e. The van der Waals surface area contributed by atoms with E-state index in [9.17, 15) is 4.39 Å². The van der Waals surface area contributed by atoms with Crippen molar-refractivity contribution in [2.24, 2.45) is 0 Å². The van der Waals surface area contributed by atoms with E-state index < -0.39 is 5.82 Å². The van der Waals surface area contributed by atoms with Crippen LogP contribution in [0.15, 0.2) is 53.1 Å². The second-order valence-electron chi connectivity index (χ2n) is 5.31. The second-order valence-corrected chi connectivity index (χ2v) is 6.17. The van der Waals surface area contributed by atoms with Crippen LogP contribution in [0.1, 0.15) is 11.3 Å². The number of aromatic nitrogens is 3. The van der Waals surface area contributed by atoms with E-state index in [2.05, 4.69) is 25.9 Å². The number of hydrogen-bond acceptors (Lipinski definition) is 3. The molecule has 2 aromatic heterocycles. The van der Waals surface area contributed by atoms with Crippen LogP contribution in [-0.4, -0.2) is 14.4 Å². The van der Waals surface area contributed by atoms with E-state index in [-0.39, 0.29) is 11.5 Å². The van der Waals surface area contributed by atoms with Crippen LogP contribution in [0.5, 0.6) is 0 Å². The lowest BCUT2D eigenvalue weighted by atomic mass is 10.1. The first-order chi connectivity index (χ1) is 11.1. The van der Waals surface area contributed by atoms with E-state index in [0.29, 0.717) is 17.5 Å². The molecule has 0 unspecified atom stereocenters. The van der Waals surface area contributed by atoms with Crippen molar-refractivity contribution >= 4 is 38.4 Å². The predicted molar refractivity (Wildman–Crippen MR) is 91.8 cm³/mol. The summed E-state index contributed by atoms with van der Waals surface area (Å²) in [7, 11) is 0. The third kappa shape index (κ3) is 2.35. The van der Waals surface area contributed by atoms with Gasteiger partial charge in [0.05, 0.1) is 11.1 Å². The summed E-state index contributed by atoms with van der Waals surface area (Å²) in [4.78, 5) is 8.83. The molecule has 4 nitrogen and oxygen atoms in total. The summed E-state index contributed by atoms with van der Waals surface area (Å²) >= 11 is 3.45. The van der Waals surface area contributed by atoms with Crippen LogP contribution in [0, 0.1) is 5.82 Å². The molecule has 4 aromatic rings. The van der Waals surface area contributed by atoms with Gasteiger partial charge >= 0.3 is 0 Å². The van der Waals surface area contributed by atoms with Gasteiger partial charge in [-0.1, -0.05) is 30.3 Å². The summed E-state index contributed by atoms with van der Waals surface area (Å²) in [5.74, 6) is -0.193. The van der Waals surface area contributed by atoms with E-state index in [1.807, 2.05) is 36.5 Å². The molecule has 23 heavy (non-hydrogen) atoms. The van der Waals surface area contributed by atoms with Gasteiger partial charge in [0.25, 0.3) is 0 Å². The van der Waals surface area contributed by atoms with Crippen molar-refractivity contribution in [1.29, 1.82) is 0 Å². The number of imidazole rings is 1. The van der Waals surface area contributed by atoms with Gasteiger partial charge in [-0.2, -0.15) is 0 Å². The fraction of sp³-hybridized carbons (Fsp3) is 0.0588. The molecule has 0 fully saturated rings. The number of nitrogens with zero attached hydrogens (tertiary/aromatic N) is 3. The van der Waals surface area contributed by atoms with E-state index in [1.165, 1.54) is 6.07 Å². The third-order valence-corrected chi connectivity index (χ3v) is 4.42. The molecule has 0 aliphatic rings. The van der Waals surface area contributed by atoms with E-state index in [0.717, 1.165) is 15.7 Å². The Morgan fingerprint density at radius 3 is 2.65 bits per heavy atom. The van der Waals surface area contributed by atoms with Gasteiger partial charge in [-0.25, -0.2) is 14.4 Å². The first-order valence-corrected chi connectivity index (χ1v) is 7.88. The van der Waals surface area contributed by atoms with Crippen LogP contribution < -0.4 is 5.73 Å². The van der Waals surface area contributed by atoms with Crippen LogP contribution in [0.4, 0.5) is 10.3 Å². The van der Waals surface area contributed by atoms with Crippen molar-refractivity contribution in [3.63, 3.8) is 0 Å². The number of anilines is 1. The maximum atomic E-state index is 14.1. The molecule has 0 atom stereocenters. The van der Waals surface area contributed by atoms with Crippen LogP contribution >= 0.6 is 15.9 Å². The first-order valence-electron chi connectivity index (χ1n) is 7.08. The summed E-state index contributed by atoms with van der Waals surface area (Å²) in [6.45, 7) is 0. The smallest absolute Gasteiger partial charge is 0.206 e. The Morgan fingerprint density at radius 2 is 1.87 bits per heavy atom. The number of nitrogen functional groups attached to an aromatic ring is 1. The minimum absolute atomic E-state index is 0.219. The fourth-order valence-electron chi connectivity index (χ4n) is 2.70. The minimum atomic E-state index is -0.412. The van der Waals surface area contributed by atoms with Crippen LogP contribution in [0.25, 0.3) is 16.6 Å². The van der Waals surface area contributed by atoms with Gasteiger partial charge in [-0.15, -0.1) is 0 Å². The quantitative estimate of drug-likeness (QED) is 0.580. The maximum Gasteiger partial charge on any atom is 0.206 e. The largest absolute Gasteiger partial charge is 0.369 e. The SMILES string of the molecule is Nc1nc2c(F)ccc(Br)c2c2nc(Cc3ccccc3)cn12. The third-order valence-electron chi connectivity index (χ3n) is 3.76. The molecule has 0 aliphatic carbocycles. The van der Waals surface area contributed by atoms with Gasteiger partial charge < -0.3 is 5.73 Å². The van der Waals surface area contributed by atoms with Crippen LogP contribution in [0.3, 0.4) is 0 Å². The van der Waals surface area contributed by atoms with Gasteiger partial charge in [-0.3, -0.25) is 4.40 Å². The van der Waals surface area contributed by atoms with Crippen molar-refractivity contribution in [3.8, 4) is 0 Å². The molecule has 0 bridgehead atoms. The number of benzene rings is 2. The summed E-state index contributed by atoms with van der Waals surface area (Å²) in [5, 5.41) is 0.624. The summed E-state index contributed by atoms with van der Waals surface area (Å²) in [6.07, 6.45) is 2.53. The van der Waals surface area contributed by atoms with Crippen molar-refractivity contribution in [1.82, 2.24) is 14.4 Å². The molecule has 2 N–H and O–H groups in total. The molecule has 0 radical (unpaired) electrons. The Morgan fingerprint density at radius 1 is 1.09 bits per heavy atom. The summed E-state index contributed by atoms with van der Waals surface area (Å²) in [6, 6.07) is 13.1. The molecular weight excluding hydrogens is 359 g/mol. The number of nitrogens with two attached hydrogens (primary N) is 1. The van der Waals surface area contributed by atoms with Gasteiger partial charge in [0.15, 0.2) is 5.65 Å². The summed E-state index contributed by atoms with van der Waals surface area (Å²) in [5.41, 5.74) is 8.81. The normalized spacial score (nSPS) is 11.4. The van der Waals surface area contributed by atoms with Gasteiger partial charge in [0.2, 0.25) is 5.95 Å². The van der Waals surface area contributed by atoms with Crippen LogP contribution in [-0.2, 0) is 6.42 Å². The van der Waals surface area contributed by atoms with Gasteiger partial charge in [0, 0.05) is 17.1 Å². The predicted octanol–water partition coefficient (Wildman–Crippen LogP) is 3.96. The highest BCUT2D eigenvalue weighted by Gasteiger charge is 2.15. The molecule has 4 rings (SSSR count).